The van der Waals surface area contributed by atoms with Crippen molar-refractivity contribution in [2.75, 3.05) is 32.7 Å². The first-order chi connectivity index (χ1) is 9.54. The Balaban J connectivity index is 1.64. The van der Waals surface area contributed by atoms with Crippen molar-refractivity contribution in [3.05, 3.63) is 0 Å². The van der Waals surface area contributed by atoms with Crippen LogP contribution in [-0.2, 0) is 9.59 Å². The molecule has 0 aliphatic carbocycles. The van der Waals surface area contributed by atoms with Crippen molar-refractivity contribution in [3.63, 3.8) is 0 Å². The first-order valence-corrected chi connectivity index (χ1v) is 8.28. The smallest absolute Gasteiger partial charge is 0.223 e. The second kappa shape index (κ2) is 7.43. The second-order valence-electron chi connectivity index (χ2n) is 5.70. The zero-order valence-electron chi connectivity index (χ0n) is 12.1. The lowest BCUT2D eigenvalue weighted by Crippen LogP contribution is -2.38. The van der Waals surface area contributed by atoms with Gasteiger partial charge in [0.2, 0.25) is 5.91 Å². The molecule has 2 rings (SSSR count). The molecule has 0 bridgehead atoms. The number of hydrogen-bond acceptors (Lipinski definition) is 5. The topological polar surface area (TPSA) is 60.9 Å². The molecule has 5 nitrogen and oxygen atoms in total. The molecule has 2 saturated heterocycles. The summed E-state index contributed by atoms with van der Waals surface area (Å²) in [6.07, 6.45) is 3.06. The summed E-state index contributed by atoms with van der Waals surface area (Å²) in [5.74, 6) is 0.179. The molecule has 2 heterocycles. The Kier molecular flexibility index (Phi) is 5.86. The van der Waals surface area contributed by atoms with Crippen LogP contribution < -0.4 is 0 Å². The van der Waals surface area contributed by atoms with Crippen LogP contribution in [0.25, 0.3) is 0 Å². The van der Waals surface area contributed by atoms with Crippen LogP contribution in [0.1, 0.15) is 32.6 Å². The largest absolute Gasteiger partial charge is 0.393 e. The standard InChI is InChI=1S/C14H24N2O3S/c1-11(17)20-13-9-14(19)16(10-13)6-2-5-15-7-3-12(18)4-8-15/h12-13,18H,2-10H2,1H3. The summed E-state index contributed by atoms with van der Waals surface area (Å²) in [4.78, 5) is 27.2. The molecule has 6 heteroatoms. The molecule has 0 spiro atoms. The zero-order chi connectivity index (χ0) is 14.5. The molecule has 1 N–H and O–H groups in total. The molecular weight excluding hydrogens is 276 g/mol. The molecule has 114 valence electrons. The van der Waals surface area contributed by atoms with Gasteiger partial charge in [-0.3, -0.25) is 9.59 Å². The van der Waals surface area contributed by atoms with E-state index in [1.165, 1.54) is 11.8 Å². The highest BCUT2D eigenvalue weighted by Crippen LogP contribution is 2.24. The Hall–Kier alpha value is -0.590. The third kappa shape index (κ3) is 4.75. The summed E-state index contributed by atoms with van der Waals surface area (Å²) in [7, 11) is 0. The minimum absolute atomic E-state index is 0.0940. The molecule has 2 fully saturated rings. The number of carbonyl (C=O) groups is 2. The van der Waals surface area contributed by atoms with Crippen LogP contribution in [0.3, 0.4) is 0 Å². The summed E-state index contributed by atoms with van der Waals surface area (Å²) in [6, 6.07) is 0. The molecule has 1 unspecified atom stereocenters. The lowest BCUT2D eigenvalue weighted by Gasteiger charge is -2.30. The van der Waals surface area contributed by atoms with Crippen LogP contribution in [0.5, 0.6) is 0 Å². The Morgan fingerprint density at radius 2 is 2.05 bits per heavy atom. The Labute approximate surface area is 124 Å². The van der Waals surface area contributed by atoms with E-state index in [0.29, 0.717) is 13.0 Å². The number of thioether (sulfide) groups is 1. The van der Waals surface area contributed by atoms with Crippen LogP contribution >= 0.6 is 11.8 Å². The number of hydrogen-bond donors (Lipinski definition) is 1. The Bertz CT molecular complexity index is 356. The predicted octanol–water partition coefficient (Wildman–Crippen LogP) is 0.714. The number of rotatable bonds is 5. The average molecular weight is 300 g/mol. The third-order valence-corrected chi connectivity index (χ3v) is 4.95. The van der Waals surface area contributed by atoms with E-state index in [1.807, 2.05) is 4.90 Å². The maximum absolute atomic E-state index is 11.8. The van der Waals surface area contributed by atoms with E-state index in [1.54, 1.807) is 6.92 Å². The number of likely N-dealkylation sites (tertiary alicyclic amines) is 2. The van der Waals surface area contributed by atoms with Gasteiger partial charge >= 0.3 is 0 Å². The normalized spacial score (nSPS) is 25.4. The van der Waals surface area contributed by atoms with Crippen molar-refractivity contribution >= 4 is 22.8 Å². The number of nitrogens with zero attached hydrogens (tertiary/aromatic N) is 2. The van der Waals surface area contributed by atoms with Gasteiger partial charge < -0.3 is 14.9 Å². The maximum Gasteiger partial charge on any atom is 0.223 e. The van der Waals surface area contributed by atoms with E-state index < -0.39 is 0 Å². The van der Waals surface area contributed by atoms with Crippen molar-refractivity contribution in [2.45, 2.75) is 44.0 Å². The second-order valence-corrected chi connectivity index (χ2v) is 7.18. The van der Waals surface area contributed by atoms with E-state index in [9.17, 15) is 14.7 Å². The summed E-state index contributed by atoms with van der Waals surface area (Å²) >= 11 is 1.29. The fourth-order valence-corrected chi connectivity index (χ4v) is 3.84. The van der Waals surface area contributed by atoms with Crippen LogP contribution in [0.2, 0.25) is 0 Å². The molecule has 0 aromatic heterocycles. The predicted molar refractivity (Wildman–Crippen MR) is 79.6 cm³/mol. The SMILES string of the molecule is CC(=O)SC1CC(=O)N(CCCN2CCC(O)CC2)C1. The minimum atomic E-state index is -0.129. The van der Waals surface area contributed by atoms with Gasteiger partial charge in [0.1, 0.15) is 0 Å². The van der Waals surface area contributed by atoms with Gasteiger partial charge in [0, 0.05) is 44.8 Å². The van der Waals surface area contributed by atoms with Crippen molar-refractivity contribution in [2.24, 2.45) is 0 Å². The molecular formula is C14H24N2O3S. The molecule has 0 saturated carbocycles. The molecule has 2 aliphatic rings. The summed E-state index contributed by atoms with van der Waals surface area (Å²) in [5, 5.41) is 9.69. The monoisotopic (exact) mass is 300 g/mol. The minimum Gasteiger partial charge on any atom is -0.393 e. The van der Waals surface area contributed by atoms with Gasteiger partial charge in [-0.2, -0.15) is 0 Å². The first kappa shape index (κ1) is 15.8. The summed E-state index contributed by atoms with van der Waals surface area (Å²) in [5.41, 5.74) is 0. The highest BCUT2D eigenvalue weighted by Gasteiger charge is 2.30. The van der Waals surface area contributed by atoms with Gasteiger partial charge in [0.15, 0.2) is 5.12 Å². The van der Waals surface area contributed by atoms with Crippen molar-refractivity contribution < 1.29 is 14.7 Å². The first-order valence-electron chi connectivity index (χ1n) is 7.40. The Morgan fingerprint density at radius 1 is 1.35 bits per heavy atom. The van der Waals surface area contributed by atoms with E-state index >= 15 is 0 Å². The number of aliphatic hydroxyl groups is 1. The molecule has 0 aromatic carbocycles. The quantitative estimate of drug-likeness (QED) is 0.810. The molecule has 20 heavy (non-hydrogen) atoms. The van der Waals surface area contributed by atoms with Crippen LogP contribution in [0, 0.1) is 0 Å². The molecule has 0 radical (unpaired) electrons. The number of aliphatic hydroxyl groups excluding tert-OH is 1. The number of piperidine rings is 1. The van der Waals surface area contributed by atoms with Crippen LogP contribution in [-0.4, -0.2) is 70.0 Å². The lowest BCUT2D eigenvalue weighted by molar-refractivity contribution is -0.127. The van der Waals surface area contributed by atoms with E-state index in [4.69, 9.17) is 0 Å². The number of carbonyl (C=O) groups excluding carboxylic acids is 2. The van der Waals surface area contributed by atoms with Crippen molar-refractivity contribution in [1.82, 2.24) is 9.80 Å². The van der Waals surface area contributed by atoms with Gasteiger partial charge in [-0.15, -0.1) is 0 Å². The van der Waals surface area contributed by atoms with Gasteiger partial charge in [-0.1, -0.05) is 11.8 Å². The van der Waals surface area contributed by atoms with Gasteiger partial charge in [0.25, 0.3) is 0 Å². The van der Waals surface area contributed by atoms with Gasteiger partial charge in [-0.25, -0.2) is 0 Å². The fraction of sp³-hybridized carbons (Fsp3) is 0.857. The highest BCUT2D eigenvalue weighted by atomic mass is 32.2. The van der Waals surface area contributed by atoms with Crippen molar-refractivity contribution in [1.29, 1.82) is 0 Å². The van der Waals surface area contributed by atoms with Crippen LogP contribution in [0.4, 0.5) is 0 Å². The van der Waals surface area contributed by atoms with E-state index in [0.717, 1.165) is 45.4 Å². The summed E-state index contributed by atoms with van der Waals surface area (Å²) in [6.45, 7) is 5.95. The number of amides is 1. The zero-order valence-corrected chi connectivity index (χ0v) is 12.9. The van der Waals surface area contributed by atoms with E-state index in [2.05, 4.69) is 4.90 Å². The molecule has 1 amide bonds. The molecule has 1 atom stereocenters. The van der Waals surface area contributed by atoms with Gasteiger partial charge in [0.05, 0.1) is 6.10 Å². The van der Waals surface area contributed by atoms with E-state index in [-0.39, 0.29) is 22.4 Å². The highest BCUT2D eigenvalue weighted by molar-refractivity contribution is 8.14. The molecule has 2 aliphatic heterocycles. The lowest BCUT2D eigenvalue weighted by atomic mass is 10.1. The third-order valence-electron chi connectivity index (χ3n) is 3.97. The maximum atomic E-state index is 11.8. The average Bonchev–Trinajstić information content (AvgIpc) is 2.71. The molecule has 0 aromatic rings. The fourth-order valence-electron chi connectivity index (χ4n) is 2.89. The van der Waals surface area contributed by atoms with Crippen molar-refractivity contribution in [3.8, 4) is 0 Å². The summed E-state index contributed by atoms with van der Waals surface area (Å²) < 4.78 is 0. The van der Waals surface area contributed by atoms with Crippen LogP contribution in [0.15, 0.2) is 0 Å². The Morgan fingerprint density at radius 3 is 2.70 bits per heavy atom. The van der Waals surface area contributed by atoms with Gasteiger partial charge in [-0.05, 0) is 25.8 Å².